The normalized spacial score (nSPS) is 17.5. The van der Waals surface area contributed by atoms with Gasteiger partial charge in [-0.1, -0.05) is 27.7 Å². The molecule has 2 amide bonds. The molecule has 0 aromatic rings. The third kappa shape index (κ3) is 5.27. The number of rotatable bonds is 5. The van der Waals surface area contributed by atoms with Crippen LogP contribution in [0.1, 0.15) is 43.4 Å². The fourth-order valence-corrected chi connectivity index (χ4v) is 1.99. The van der Waals surface area contributed by atoms with Crippen molar-refractivity contribution in [1.82, 2.24) is 10.2 Å². The summed E-state index contributed by atoms with van der Waals surface area (Å²) in [6.45, 7) is 6.73. The number of amides is 2. The summed E-state index contributed by atoms with van der Waals surface area (Å²) in [5.74, 6) is -1.26. The van der Waals surface area contributed by atoms with Crippen LogP contribution in [0.15, 0.2) is 0 Å². The molecule has 0 saturated carbocycles. The van der Waals surface area contributed by atoms with Crippen molar-refractivity contribution in [1.29, 1.82) is 0 Å². The fourth-order valence-electron chi connectivity index (χ4n) is 1.99. The lowest BCUT2D eigenvalue weighted by Gasteiger charge is -2.25. The van der Waals surface area contributed by atoms with E-state index in [9.17, 15) is 18.8 Å². The van der Waals surface area contributed by atoms with E-state index in [1.165, 1.54) is 0 Å². The van der Waals surface area contributed by atoms with Crippen LogP contribution in [0.3, 0.4) is 0 Å². The van der Waals surface area contributed by atoms with Gasteiger partial charge in [0, 0.05) is 15.3 Å². The summed E-state index contributed by atoms with van der Waals surface area (Å²) in [5, 5.41) is 2.38. The average Bonchev–Trinajstić information content (AvgIpc) is 2.94. The molecular weight excluding hydrogens is 263 g/mol. The van der Waals surface area contributed by atoms with Crippen LogP contribution in [0.2, 0.25) is 0 Å². The van der Waals surface area contributed by atoms with Gasteiger partial charge in [0.25, 0.3) is 0 Å². The lowest BCUT2D eigenvalue weighted by molar-refractivity contribution is -0.141. The van der Waals surface area contributed by atoms with Gasteiger partial charge in [-0.3, -0.25) is 14.4 Å². The van der Waals surface area contributed by atoms with E-state index in [4.69, 9.17) is 0 Å². The number of nitrogens with zero attached hydrogens (tertiary/aromatic N) is 1. The van der Waals surface area contributed by atoms with E-state index in [-0.39, 0.29) is 27.1 Å². The van der Waals surface area contributed by atoms with Crippen molar-refractivity contribution < 1.29 is 21.6 Å². The highest BCUT2D eigenvalue weighted by molar-refractivity contribution is 5.92. The molecule has 0 aromatic carbocycles. The molecule has 1 rings (SSSR count). The first-order valence-corrected chi connectivity index (χ1v) is 7.13. The highest BCUT2D eigenvalue weighted by atomic mass is 19.1. The highest BCUT2D eigenvalue weighted by Gasteiger charge is 2.34. The predicted octanol–water partition coefficient (Wildman–Crippen LogP) is 1.81. The number of ketones is 1. The Hall–Kier alpha value is -1.46. The number of likely N-dealkylation sites (tertiary alicyclic amines) is 1. The molecule has 20 heavy (non-hydrogen) atoms. The van der Waals surface area contributed by atoms with Crippen LogP contribution in [-0.4, -0.2) is 48.3 Å². The molecule has 0 bridgehead atoms. The van der Waals surface area contributed by atoms with E-state index < -0.39 is 18.5 Å². The molecule has 1 fully saturated rings. The number of alkyl halides is 1. The van der Waals surface area contributed by atoms with Crippen molar-refractivity contribution in [2.45, 2.75) is 46.6 Å². The Morgan fingerprint density at radius 1 is 1.35 bits per heavy atom. The van der Waals surface area contributed by atoms with Gasteiger partial charge in [-0.2, -0.15) is 0 Å². The van der Waals surface area contributed by atoms with E-state index >= 15 is 0 Å². The summed E-state index contributed by atoms with van der Waals surface area (Å²) in [4.78, 5) is 36.0. The third-order valence-corrected chi connectivity index (χ3v) is 2.94. The monoisotopic (exact) mass is 292 g/mol. The summed E-state index contributed by atoms with van der Waals surface area (Å²) >= 11 is 0. The smallest absolute Gasteiger partial charge is 0.243 e. The first-order chi connectivity index (χ1) is 9.47. The zero-order valence-electron chi connectivity index (χ0n) is 12.7. The molecule has 1 aliphatic rings. The Morgan fingerprint density at radius 3 is 2.45 bits per heavy atom. The summed E-state index contributed by atoms with van der Waals surface area (Å²) in [7, 11) is 0. The second-order valence-corrected chi connectivity index (χ2v) is 4.73. The largest absolute Gasteiger partial charge is 0.347 e. The maximum absolute atomic E-state index is 12.0. The predicted molar refractivity (Wildman–Crippen MR) is 79.1 cm³/mol. The first-order valence-electron chi connectivity index (χ1n) is 7.13. The number of hydrogen-bond donors (Lipinski definition) is 1. The Bertz CT molecular complexity index is 355. The number of Topliss-reactive ketones (excluding diaryl/α,β-unsaturated/α-hetero) is 1. The van der Waals surface area contributed by atoms with Gasteiger partial charge in [0.2, 0.25) is 11.8 Å². The molecule has 120 valence electrons. The van der Waals surface area contributed by atoms with Crippen LogP contribution in [0, 0.1) is 5.92 Å². The van der Waals surface area contributed by atoms with E-state index in [0.29, 0.717) is 13.0 Å². The van der Waals surface area contributed by atoms with Crippen LogP contribution in [0.25, 0.3) is 0 Å². The van der Waals surface area contributed by atoms with Crippen molar-refractivity contribution in [2.24, 2.45) is 5.92 Å². The summed E-state index contributed by atoms with van der Waals surface area (Å²) < 4.78 is 12.0. The minimum Gasteiger partial charge on any atom is -0.347 e. The quantitative estimate of drug-likeness (QED) is 0.840. The maximum Gasteiger partial charge on any atom is 0.243 e. The van der Waals surface area contributed by atoms with Gasteiger partial charge < -0.3 is 10.2 Å². The number of hydrogen-bond acceptors (Lipinski definition) is 3. The Labute approximate surface area is 122 Å². The Balaban J connectivity index is -0.000000864. The summed E-state index contributed by atoms with van der Waals surface area (Å²) in [5.41, 5.74) is 0. The van der Waals surface area contributed by atoms with Gasteiger partial charge in [-0.05, 0) is 12.8 Å². The number of nitrogens with one attached hydrogen (secondary N) is 1. The average molecular weight is 292 g/mol. The van der Waals surface area contributed by atoms with Crippen molar-refractivity contribution in [2.75, 3.05) is 19.8 Å². The first kappa shape index (κ1) is 18.5. The number of halogens is 1. The fraction of sp³-hybridized carbons (Fsp3) is 0.786. The van der Waals surface area contributed by atoms with Gasteiger partial charge in [0.1, 0.15) is 12.7 Å². The third-order valence-electron chi connectivity index (χ3n) is 2.94. The van der Waals surface area contributed by atoms with E-state index in [0.717, 1.165) is 6.42 Å². The van der Waals surface area contributed by atoms with E-state index in [2.05, 4.69) is 5.32 Å². The SMILES string of the molecule is CC.CC(C)C(=O)N1CCC[C@H]1C(=O)NCC(=O)CF.[HH].[HH]. The molecule has 1 atom stereocenters. The van der Waals surface area contributed by atoms with E-state index in [1.54, 1.807) is 18.7 Å². The molecule has 5 nitrogen and oxygen atoms in total. The number of carbonyl (C=O) groups excluding carboxylic acids is 3. The molecule has 0 aliphatic carbocycles. The lowest BCUT2D eigenvalue weighted by atomic mass is 10.1. The Kier molecular flexibility index (Phi) is 8.76. The van der Waals surface area contributed by atoms with Crippen LogP contribution in [-0.2, 0) is 14.4 Å². The van der Waals surface area contributed by atoms with Crippen molar-refractivity contribution in [3.8, 4) is 0 Å². The standard InChI is InChI=1S/C12H19FN2O3.C2H6.2H2/c1-8(2)12(18)15-5-3-4-10(15)11(17)14-7-9(16)6-13;1-2;;/h8,10H,3-7H2,1-2H3,(H,14,17);1-2H3;2*1H/t10-;;;/m0.../s1. The maximum atomic E-state index is 12.0. The second-order valence-electron chi connectivity index (χ2n) is 4.73. The minimum atomic E-state index is -1.08. The zero-order chi connectivity index (χ0) is 15.7. The lowest BCUT2D eigenvalue weighted by Crippen LogP contribution is -2.48. The Morgan fingerprint density at radius 2 is 1.95 bits per heavy atom. The van der Waals surface area contributed by atoms with Crippen LogP contribution in [0.4, 0.5) is 4.39 Å². The van der Waals surface area contributed by atoms with Crippen LogP contribution in [0.5, 0.6) is 0 Å². The topological polar surface area (TPSA) is 66.5 Å². The second kappa shape index (κ2) is 9.44. The van der Waals surface area contributed by atoms with Gasteiger partial charge in [-0.15, -0.1) is 0 Å². The summed E-state index contributed by atoms with van der Waals surface area (Å²) in [6.07, 6.45) is 1.36. The summed E-state index contributed by atoms with van der Waals surface area (Å²) in [6, 6.07) is -0.521. The van der Waals surface area contributed by atoms with Crippen molar-refractivity contribution in [3.63, 3.8) is 0 Å². The van der Waals surface area contributed by atoms with Crippen molar-refractivity contribution >= 4 is 17.6 Å². The molecule has 0 unspecified atom stereocenters. The molecule has 0 radical (unpaired) electrons. The van der Waals surface area contributed by atoms with Crippen LogP contribution < -0.4 is 5.32 Å². The van der Waals surface area contributed by atoms with Gasteiger partial charge in [0.15, 0.2) is 5.78 Å². The minimum absolute atomic E-state index is 0. The number of carbonyl (C=O) groups is 3. The van der Waals surface area contributed by atoms with E-state index in [1.807, 2.05) is 13.8 Å². The molecule has 1 heterocycles. The molecule has 1 N–H and O–H groups in total. The van der Waals surface area contributed by atoms with Crippen molar-refractivity contribution in [3.05, 3.63) is 0 Å². The molecular formula is C14H29FN2O3. The van der Waals surface area contributed by atoms with Gasteiger partial charge >= 0.3 is 0 Å². The molecule has 1 aliphatic heterocycles. The highest BCUT2D eigenvalue weighted by Crippen LogP contribution is 2.19. The van der Waals surface area contributed by atoms with Crippen LogP contribution >= 0.6 is 0 Å². The zero-order valence-corrected chi connectivity index (χ0v) is 12.7. The van der Waals surface area contributed by atoms with Gasteiger partial charge in [-0.25, -0.2) is 4.39 Å². The molecule has 0 spiro atoms. The molecule has 0 aromatic heterocycles. The molecule has 1 saturated heterocycles. The molecule has 6 heteroatoms. The van der Waals surface area contributed by atoms with Gasteiger partial charge in [0.05, 0.1) is 6.54 Å².